The van der Waals surface area contributed by atoms with Crippen LogP contribution >= 0.6 is 0 Å². The largest absolute Gasteiger partial charge is 0.353 e. The third-order valence-electron chi connectivity index (χ3n) is 5.58. The quantitative estimate of drug-likeness (QED) is 0.734. The van der Waals surface area contributed by atoms with E-state index < -0.39 is 0 Å². The normalized spacial score (nSPS) is 31.9. The number of nitrogens with one attached hydrogen (secondary N) is 1. The summed E-state index contributed by atoms with van der Waals surface area (Å²) >= 11 is 0. The van der Waals surface area contributed by atoms with Gasteiger partial charge in [-0.2, -0.15) is 0 Å². The van der Waals surface area contributed by atoms with Crippen LogP contribution in [0.25, 0.3) is 10.9 Å². The highest BCUT2D eigenvalue weighted by Crippen LogP contribution is 2.46. The first-order valence-electron chi connectivity index (χ1n) is 8.01. The zero-order valence-electron chi connectivity index (χ0n) is 12.7. The molecule has 1 aromatic heterocycles. The summed E-state index contributed by atoms with van der Waals surface area (Å²) in [4.78, 5) is 3.69. The Balaban J connectivity index is 1.86. The van der Waals surface area contributed by atoms with Crippen molar-refractivity contribution in [3.63, 3.8) is 0 Å². The van der Waals surface area contributed by atoms with Crippen LogP contribution in [0.15, 0.2) is 24.3 Å². The van der Waals surface area contributed by atoms with Crippen molar-refractivity contribution >= 4 is 10.9 Å². The third kappa shape index (κ3) is 1.74. The van der Waals surface area contributed by atoms with Crippen LogP contribution in [0.2, 0.25) is 0 Å². The minimum Gasteiger partial charge on any atom is -0.353 e. The van der Waals surface area contributed by atoms with Crippen LogP contribution in [0.5, 0.6) is 0 Å². The average Bonchev–Trinajstić information content (AvgIpc) is 2.78. The van der Waals surface area contributed by atoms with Gasteiger partial charge in [0.15, 0.2) is 0 Å². The lowest BCUT2D eigenvalue weighted by Gasteiger charge is -2.43. The molecule has 20 heavy (non-hydrogen) atoms. The first kappa shape index (κ1) is 12.5. The van der Waals surface area contributed by atoms with Gasteiger partial charge in [0.25, 0.3) is 0 Å². The molecule has 2 heterocycles. The summed E-state index contributed by atoms with van der Waals surface area (Å²) in [6, 6.07) is 10.2. The van der Waals surface area contributed by atoms with E-state index >= 15 is 0 Å². The summed E-state index contributed by atoms with van der Waals surface area (Å²) in [5, 5.41) is 4.08. The van der Waals surface area contributed by atoms with Crippen molar-refractivity contribution in [2.45, 2.75) is 58.0 Å². The molecule has 4 rings (SSSR count). The molecule has 2 nitrogen and oxygen atoms in total. The molecule has 3 atom stereocenters. The molecule has 0 saturated heterocycles. The second kappa shape index (κ2) is 4.11. The van der Waals surface area contributed by atoms with Crippen molar-refractivity contribution < 1.29 is 5.32 Å². The minimum absolute atomic E-state index is 0.515. The Kier molecular flexibility index (Phi) is 2.56. The van der Waals surface area contributed by atoms with E-state index in [-0.39, 0.29) is 0 Å². The number of aromatic nitrogens is 1. The van der Waals surface area contributed by atoms with Crippen LogP contribution in [0.4, 0.5) is 0 Å². The molecule has 0 amide bonds. The predicted octanol–water partition coefficient (Wildman–Crippen LogP) is 3.47. The van der Waals surface area contributed by atoms with Crippen LogP contribution < -0.4 is 5.32 Å². The number of hydrogen-bond acceptors (Lipinski definition) is 0. The molecule has 2 aromatic rings. The highest BCUT2D eigenvalue weighted by molar-refractivity contribution is 5.85. The van der Waals surface area contributed by atoms with Crippen molar-refractivity contribution in [2.75, 3.05) is 0 Å². The highest BCUT2D eigenvalue weighted by Gasteiger charge is 2.44. The van der Waals surface area contributed by atoms with Gasteiger partial charge in [-0.15, -0.1) is 0 Å². The molecule has 1 fully saturated rings. The molecule has 1 aliphatic carbocycles. The van der Waals surface area contributed by atoms with Gasteiger partial charge >= 0.3 is 0 Å². The first-order chi connectivity index (χ1) is 9.55. The second-order valence-corrected chi connectivity index (χ2v) is 7.66. The average molecular weight is 269 g/mol. The van der Waals surface area contributed by atoms with Gasteiger partial charge < -0.3 is 10.3 Å². The van der Waals surface area contributed by atoms with Gasteiger partial charge in [0.2, 0.25) is 0 Å². The number of quaternary nitrogens is 1. The predicted molar refractivity (Wildman–Crippen MR) is 82.8 cm³/mol. The fourth-order valence-electron chi connectivity index (χ4n) is 4.61. The van der Waals surface area contributed by atoms with Gasteiger partial charge in [-0.1, -0.05) is 32.0 Å². The van der Waals surface area contributed by atoms with E-state index in [2.05, 4.69) is 55.3 Å². The molecule has 0 unspecified atom stereocenters. The van der Waals surface area contributed by atoms with Crippen LogP contribution in [-0.4, -0.2) is 11.0 Å². The van der Waals surface area contributed by atoms with Crippen molar-refractivity contribution in [1.29, 1.82) is 0 Å². The molecule has 0 radical (unpaired) electrons. The standard InChI is InChI=1S/C18H24N2/c1-11-17-16(12-6-4-5-7-14(12)20-17)13-8-9-18(2,3)10-15(13)19-11/h4-7,11,13,15,19-20H,8-10H2,1-3H3/p+1/t11-,13-,15+/m0/s1. The zero-order valence-corrected chi connectivity index (χ0v) is 12.7. The monoisotopic (exact) mass is 269 g/mol. The molecule has 2 aliphatic rings. The summed E-state index contributed by atoms with van der Waals surface area (Å²) in [7, 11) is 0. The molecule has 2 heteroatoms. The van der Waals surface area contributed by atoms with E-state index in [1.54, 1.807) is 5.56 Å². The van der Waals surface area contributed by atoms with Crippen molar-refractivity contribution in [2.24, 2.45) is 5.41 Å². The maximum atomic E-state index is 3.69. The summed E-state index contributed by atoms with van der Waals surface area (Å²) < 4.78 is 0. The minimum atomic E-state index is 0.515. The number of fused-ring (bicyclic) bond motifs is 5. The Bertz CT molecular complexity index is 652. The van der Waals surface area contributed by atoms with Gasteiger partial charge in [-0.25, -0.2) is 0 Å². The van der Waals surface area contributed by atoms with Crippen LogP contribution in [-0.2, 0) is 0 Å². The summed E-state index contributed by atoms with van der Waals surface area (Å²) in [5.74, 6) is 0.741. The number of aromatic amines is 1. The second-order valence-electron chi connectivity index (χ2n) is 7.66. The van der Waals surface area contributed by atoms with Crippen LogP contribution in [0.3, 0.4) is 0 Å². The number of para-hydroxylation sites is 1. The molecule has 0 spiro atoms. The van der Waals surface area contributed by atoms with Crippen molar-refractivity contribution in [3.05, 3.63) is 35.5 Å². The molecule has 106 valence electrons. The number of benzene rings is 1. The SMILES string of the molecule is C[C@@H]1[NH2+][C@@H]2CC(C)(C)CC[C@@H]2c2c1[nH]c1ccccc21. The van der Waals surface area contributed by atoms with E-state index in [0.29, 0.717) is 11.5 Å². The van der Waals surface area contributed by atoms with E-state index in [1.807, 2.05) is 0 Å². The Morgan fingerprint density at radius 2 is 2.05 bits per heavy atom. The van der Waals surface area contributed by atoms with Crippen LogP contribution in [0, 0.1) is 5.41 Å². The summed E-state index contributed by atoms with van der Waals surface area (Å²) in [5.41, 5.74) is 4.95. The lowest BCUT2D eigenvalue weighted by molar-refractivity contribution is -0.735. The van der Waals surface area contributed by atoms with Gasteiger partial charge in [-0.3, -0.25) is 0 Å². The van der Waals surface area contributed by atoms with Gasteiger partial charge in [-0.05, 0) is 36.8 Å². The van der Waals surface area contributed by atoms with E-state index in [1.165, 1.54) is 35.9 Å². The fraction of sp³-hybridized carbons (Fsp3) is 0.556. The Hall–Kier alpha value is -1.28. The van der Waals surface area contributed by atoms with Gasteiger partial charge in [0.05, 0.1) is 11.7 Å². The lowest BCUT2D eigenvalue weighted by atomic mass is 9.66. The Morgan fingerprint density at radius 3 is 2.90 bits per heavy atom. The number of rotatable bonds is 0. The van der Waals surface area contributed by atoms with Crippen molar-refractivity contribution in [1.82, 2.24) is 4.98 Å². The summed E-state index contributed by atoms with van der Waals surface area (Å²) in [6.45, 7) is 7.23. The zero-order chi connectivity index (χ0) is 13.9. The molecule has 1 aromatic carbocycles. The molecule has 3 N–H and O–H groups in total. The Morgan fingerprint density at radius 1 is 1.25 bits per heavy atom. The maximum absolute atomic E-state index is 3.69. The smallest absolute Gasteiger partial charge is 0.124 e. The molecular weight excluding hydrogens is 244 g/mol. The van der Waals surface area contributed by atoms with Gasteiger partial charge in [0.1, 0.15) is 6.04 Å². The molecular formula is C18H25N2+. The molecule has 0 bridgehead atoms. The van der Waals surface area contributed by atoms with E-state index in [9.17, 15) is 0 Å². The van der Waals surface area contributed by atoms with E-state index in [4.69, 9.17) is 0 Å². The van der Waals surface area contributed by atoms with Gasteiger partial charge in [0, 0.05) is 23.2 Å². The molecule has 1 saturated carbocycles. The van der Waals surface area contributed by atoms with Crippen LogP contribution in [0.1, 0.15) is 63.3 Å². The summed E-state index contributed by atoms with van der Waals surface area (Å²) in [6.07, 6.45) is 4.05. The maximum Gasteiger partial charge on any atom is 0.124 e. The number of nitrogens with two attached hydrogens (primary N) is 1. The van der Waals surface area contributed by atoms with E-state index in [0.717, 1.165) is 12.0 Å². The van der Waals surface area contributed by atoms with Crippen molar-refractivity contribution in [3.8, 4) is 0 Å². The lowest BCUT2D eigenvalue weighted by Crippen LogP contribution is -2.93. The molecule has 1 aliphatic heterocycles. The Labute approximate surface area is 121 Å². The number of H-pyrrole nitrogens is 1. The third-order valence-corrected chi connectivity index (χ3v) is 5.58. The topological polar surface area (TPSA) is 32.4 Å². The highest BCUT2D eigenvalue weighted by atomic mass is 15.0. The number of hydrogen-bond donors (Lipinski definition) is 2. The fourth-order valence-corrected chi connectivity index (χ4v) is 4.61. The first-order valence-corrected chi connectivity index (χ1v) is 8.01.